The third-order valence-corrected chi connectivity index (χ3v) is 6.91. The van der Waals surface area contributed by atoms with E-state index in [1.54, 1.807) is 42.9 Å². The fourth-order valence-corrected chi connectivity index (χ4v) is 4.95. The van der Waals surface area contributed by atoms with Crippen molar-refractivity contribution < 1.29 is 9.18 Å². The second-order valence-electron chi connectivity index (χ2n) is 9.63. The number of H-pyrrole nitrogens is 2. The number of anilines is 1. The van der Waals surface area contributed by atoms with Crippen LogP contribution in [0.4, 0.5) is 10.1 Å². The summed E-state index contributed by atoms with van der Waals surface area (Å²) < 4.78 is 14.6. The van der Waals surface area contributed by atoms with Gasteiger partial charge in [0.2, 0.25) is 5.91 Å². The number of pyridine rings is 2. The van der Waals surface area contributed by atoms with Crippen LogP contribution in [-0.2, 0) is 11.2 Å². The summed E-state index contributed by atoms with van der Waals surface area (Å²) in [4.78, 5) is 29.3. The van der Waals surface area contributed by atoms with E-state index < -0.39 is 0 Å². The summed E-state index contributed by atoms with van der Waals surface area (Å²) in [5.74, 6) is 0.0776. The summed E-state index contributed by atoms with van der Waals surface area (Å²) >= 11 is 0. The van der Waals surface area contributed by atoms with Gasteiger partial charge in [0.25, 0.3) is 0 Å². The molecule has 8 nitrogen and oxygen atoms in total. The molecule has 0 aliphatic carbocycles. The number of aromatic amines is 2. The van der Waals surface area contributed by atoms with Gasteiger partial charge in [0.1, 0.15) is 11.5 Å². The van der Waals surface area contributed by atoms with Crippen molar-refractivity contribution in [1.82, 2.24) is 30.1 Å². The molecule has 0 radical (unpaired) electrons. The molecular formula is C32H22FN7O. The normalized spacial score (nSPS) is 11.2. The lowest BCUT2D eigenvalue weighted by atomic mass is 10.0. The summed E-state index contributed by atoms with van der Waals surface area (Å²) in [6.07, 6.45) is 5.27. The van der Waals surface area contributed by atoms with Crippen LogP contribution < -0.4 is 5.32 Å². The molecule has 0 spiro atoms. The van der Waals surface area contributed by atoms with E-state index in [0.717, 1.165) is 27.6 Å². The number of nitrogens with zero attached hydrogens (tertiary/aromatic N) is 4. The highest BCUT2D eigenvalue weighted by Gasteiger charge is 2.17. The Kier molecular flexibility index (Phi) is 6.01. The van der Waals surface area contributed by atoms with Gasteiger partial charge in [-0.25, -0.2) is 14.4 Å². The molecule has 1 amide bonds. The number of aromatic nitrogens is 6. The number of rotatable bonds is 6. The van der Waals surface area contributed by atoms with Gasteiger partial charge in [-0.2, -0.15) is 5.10 Å². The Morgan fingerprint density at radius 2 is 1.73 bits per heavy atom. The molecule has 0 aliphatic heterocycles. The van der Waals surface area contributed by atoms with Crippen LogP contribution in [-0.4, -0.2) is 36.0 Å². The van der Waals surface area contributed by atoms with E-state index in [0.29, 0.717) is 39.5 Å². The van der Waals surface area contributed by atoms with E-state index in [9.17, 15) is 9.18 Å². The molecule has 3 aromatic carbocycles. The van der Waals surface area contributed by atoms with Gasteiger partial charge >= 0.3 is 0 Å². The van der Waals surface area contributed by atoms with E-state index >= 15 is 0 Å². The van der Waals surface area contributed by atoms with Crippen molar-refractivity contribution in [3.05, 3.63) is 115 Å². The van der Waals surface area contributed by atoms with Gasteiger partial charge < -0.3 is 10.3 Å². The van der Waals surface area contributed by atoms with Crippen LogP contribution in [0.3, 0.4) is 0 Å². The third kappa shape index (κ3) is 4.70. The average molecular weight is 540 g/mol. The Balaban J connectivity index is 1.22. The lowest BCUT2D eigenvalue weighted by Crippen LogP contribution is -2.14. The number of carbonyl (C=O) groups is 1. The first-order valence-corrected chi connectivity index (χ1v) is 13.0. The molecule has 0 aliphatic rings. The molecule has 0 bridgehead atoms. The zero-order valence-corrected chi connectivity index (χ0v) is 21.6. The first-order chi connectivity index (χ1) is 20.1. The Labute approximate surface area is 233 Å². The van der Waals surface area contributed by atoms with Crippen LogP contribution in [0.25, 0.3) is 55.8 Å². The van der Waals surface area contributed by atoms with Crippen LogP contribution in [0.1, 0.15) is 5.56 Å². The Bertz CT molecular complexity index is 2050. The summed E-state index contributed by atoms with van der Waals surface area (Å²) in [6, 6.07) is 25.8. The van der Waals surface area contributed by atoms with Gasteiger partial charge in [0.05, 0.1) is 29.3 Å². The number of hydrogen-bond acceptors (Lipinski definition) is 5. The minimum atomic E-state index is -0.321. The molecule has 0 unspecified atom stereocenters. The summed E-state index contributed by atoms with van der Waals surface area (Å²) in [6.45, 7) is 0. The molecule has 9 heteroatoms. The second-order valence-corrected chi connectivity index (χ2v) is 9.63. The van der Waals surface area contributed by atoms with E-state index in [1.807, 2.05) is 54.6 Å². The van der Waals surface area contributed by atoms with Crippen LogP contribution in [0.15, 0.2) is 104 Å². The highest BCUT2D eigenvalue weighted by atomic mass is 19.1. The van der Waals surface area contributed by atoms with Crippen molar-refractivity contribution in [2.24, 2.45) is 0 Å². The van der Waals surface area contributed by atoms with Crippen molar-refractivity contribution >= 4 is 33.7 Å². The fourth-order valence-electron chi connectivity index (χ4n) is 4.95. The van der Waals surface area contributed by atoms with Crippen LogP contribution >= 0.6 is 0 Å². The standard InChI is InChI=1S/C32H22FN7O/c33-26-9-5-4-8-23(26)24-12-13-35-31-29(24)37-32(38-31)30-25-16-20(10-11-27(25)39-40-30)21-15-22(18-34-17-21)36-28(41)14-19-6-2-1-3-7-19/h1-13,15-18H,14H2,(H,36,41)(H,39,40)(H,35,37,38). The number of carbonyl (C=O) groups excluding carboxylic acids is 1. The van der Waals surface area contributed by atoms with E-state index in [4.69, 9.17) is 0 Å². The van der Waals surface area contributed by atoms with E-state index in [-0.39, 0.29) is 18.1 Å². The Hall–Kier alpha value is -5.70. The average Bonchev–Trinajstić information content (AvgIpc) is 3.62. The van der Waals surface area contributed by atoms with Gasteiger partial charge in [0, 0.05) is 34.5 Å². The molecule has 41 heavy (non-hydrogen) atoms. The van der Waals surface area contributed by atoms with Crippen molar-refractivity contribution in [3.8, 4) is 33.8 Å². The molecule has 7 aromatic rings. The highest BCUT2D eigenvalue weighted by Crippen LogP contribution is 2.33. The lowest BCUT2D eigenvalue weighted by Gasteiger charge is -2.08. The zero-order chi connectivity index (χ0) is 27.8. The van der Waals surface area contributed by atoms with Crippen molar-refractivity contribution in [2.45, 2.75) is 6.42 Å². The third-order valence-electron chi connectivity index (χ3n) is 6.91. The number of imidazole rings is 1. The number of halogens is 1. The number of hydrogen-bond donors (Lipinski definition) is 3. The quantitative estimate of drug-likeness (QED) is 0.222. The lowest BCUT2D eigenvalue weighted by molar-refractivity contribution is -0.115. The molecule has 0 fully saturated rings. The van der Waals surface area contributed by atoms with Gasteiger partial charge in [0.15, 0.2) is 11.5 Å². The summed E-state index contributed by atoms with van der Waals surface area (Å²) in [5.41, 5.74) is 6.95. The van der Waals surface area contributed by atoms with Gasteiger partial charge in [-0.3, -0.25) is 14.9 Å². The fraction of sp³-hybridized carbons (Fsp3) is 0.0312. The maximum Gasteiger partial charge on any atom is 0.228 e. The first-order valence-electron chi connectivity index (χ1n) is 13.0. The minimum absolute atomic E-state index is 0.115. The number of benzene rings is 3. The van der Waals surface area contributed by atoms with Crippen molar-refractivity contribution in [1.29, 1.82) is 0 Å². The number of nitrogens with one attached hydrogen (secondary N) is 3. The molecule has 0 atom stereocenters. The topological polar surface area (TPSA) is 112 Å². The molecule has 4 aromatic heterocycles. The Morgan fingerprint density at radius 3 is 2.61 bits per heavy atom. The Morgan fingerprint density at radius 1 is 0.878 bits per heavy atom. The molecule has 198 valence electrons. The van der Waals surface area contributed by atoms with Gasteiger partial charge in [-0.05, 0) is 41.5 Å². The zero-order valence-electron chi connectivity index (χ0n) is 21.6. The van der Waals surface area contributed by atoms with Crippen LogP contribution in [0.2, 0.25) is 0 Å². The van der Waals surface area contributed by atoms with E-state index in [1.165, 1.54) is 6.07 Å². The maximum atomic E-state index is 14.6. The van der Waals surface area contributed by atoms with E-state index in [2.05, 4.69) is 35.5 Å². The second kappa shape index (κ2) is 10.1. The molecule has 0 saturated heterocycles. The van der Waals surface area contributed by atoms with Crippen LogP contribution in [0.5, 0.6) is 0 Å². The van der Waals surface area contributed by atoms with Gasteiger partial charge in [-0.1, -0.05) is 54.6 Å². The predicted molar refractivity (Wildman–Crippen MR) is 156 cm³/mol. The van der Waals surface area contributed by atoms with Crippen molar-refractivity contribution in [3.63, 3.8) is 0 Å². The molecule has 3 N–H and O–H groups in total. The summed E-state index contributed by atoms with van der Waals surface area (Å²) in [5, 5.41) is 11.4. The maximum absolute atomic E-state index is 14.6. The molecular weight excluding hydrogens is 517 g/mol. The predicted octanol–water partition coefficient (Wildman–Crippen LogP) is 6.55. The van der Waals surface area contributed by atoms with Crippen molar-refractivity contribution in [2.75, 3.05) is 5.32 Å². The molecule has 7 rings (SSSR count). The molecule has 4 heterocycles. The SMILES string of the molecule is O=C(Cc1ccccc1)Nc1cncc(-c2ccc3[nH]nc(-c4nc5nccc(-c6ccccc6F)c5[nH]4)c3c2)c1. The largest absolute Gasteiger partial charge is 0.335 e. The highest BCUT2D eigenvalue weighted by molar-refractivity contribution is 5.98. The number of amides is 1. The minimum Gasteiger partial charge on any atom is -0.335 e. The van der Waals surface area contributed by atoms with Gasteiger partial charge in [-0.15, -0.1) is 0 Å². The number of fused-ring (bicyclic) bond motifs is 2. The monoisotopic (exact) mass is 539 g/mol. The summed E-state index contributed by atoms with van der Waals surface area (Å²) in [7, 11) is 0. The molecule has 0 saturated carbocycles. The van der Waals surface area contributed by atoms with Crippen LogP contribution in [0, 0.1) is 5.82 Å². The smallest absolute Gasteiger partial charge is 0.228 e. The first kappa shape index (κ1) is 24.3.